The number of carbonyl (C=O) groups excluding carboxylic acids is 2. The Labute approximate surface area is 177 Å². The summed E-state index contributed by atoms with van der Waals surface area (Å²) in [5, 5.41) is 7.25. The number of hydrogen-bond acceptors (Lipinski definition) is 3. The van der Waals surface area contributed by atoms with Crippen LogP contribution in [0.15, 0.2) is 53.6 Å². The van der Waals surface area contributed by atoms with Crippen molar-refractivity contribution in [2.75, 3.05) is 0 Å². The van der Waals surface area contributed by atoms with Crippen LogP contribution in [-0.2, 0) is 10.2 Å². The average molecular weight is 414 g/mol. The predicted molar refractivity (Wildman–Crippen MR) is 118 cm³/mol. The molecule has 0 radical (unpaired) electrons. The van der Waals surface area contributed by atoms with Gasteiger partial charge in [0, 0.05) is 10.6 Å². The number of hydrazone groups is 1. The minimum atomic E-state index is -0.720. The zero-order valence-corrected chi connectivity index (χ0v) is 18.2. The third kappa shape index (κ3) is 6.71. The molecule has 1 atom stereocenters. The van der Waals surface area contributed by atoms with Gasteiger partial charge < -0.3 is 5.32 Å². The second-order valence-electron chi connectivity index (χ2n) is 8.31. The average Bonchev–Trinajstić information content (AvgIpc) is 2.65. The molecule has 2 amide bonds. The molecule has 0 bridgehead atoms. The summed E-state index contributed by atoms with van der Waals surface area (Å²) < 4.78 is 0. The first kappa shape index (κ1) is 22.6. The molecular formula is C23H28ClN3O2. The number of hydrogen-bond donors (Lipinski definition) is 2. The van der Waals surface area contributed by atoms with E-state index in [0.29, 0.717) is 10.6 Å². The van der Waals surface area contributed by atoms with Gasteiger partial charge in [0.1, 0.15) is 6.04 Å². The summed E-state index contributed by atoms with van der Waals surface area (Å²) in [6.45, 7) is 10.2. The largest absolute Gasteiger partial charge is 0.340 e. The van der Waals surface area contributed by atoms with Crippen molar-refractivity contribution >= 4 is 29.6 Å². The molecule has 0 saturated carbocycles. The minimum absolute atomic E-state index is 0.0789. The van der Waals surface area contributed by atoms with Crippen molar-refractivity contribution in [2.45, 2.75) is 46.1 Å². The molecule has 0 fully saturated rings. The van der Waals surface area contributed by atoms with E-state index >= 15 is 0 Å². The van der Waals surface area contributed by atoms with E-state index < -0.39 is 6.04 Å². The van der Waals surface area contributed by atoms with Gasteiger partial charge in [-0.15, -0.1) is 0 Å². The molecule has 2 aromatic carbocycles. The van der Waals surface area contributed by atoms with Crippen molar-refractivity contribution in [3.63, 3.8) is 0 Å². The number of halogens is 1. The highest BCUT2D eigenvalue weighted by atomic mass is 35.5. The van der Waals surface area contributed by atoms with Gasteiger partial charge >= 0.3 is 0 Å². The third-order valence-electron chi connectivity index (χ3n) is 4.49. The molecule has 0 spiro atoms. The lowest BCUT2D eigenvalue weighted by Gasteiger charge is -2.20. The maximum absolute atomic E-state index is 12.5. The first-order valence-corrected chi connectivity index (χ1v) is 9.95. The first-order valence-electron chi connectivity index (χ1n) is 9.58. The smallest absolute Gasteiger partial charge is 0.262 e. The van der Waals surface area contributed by atoms with Crippen molar-refractivity contribution in [3.8, 4) is 0 Å². The lowest BCUT2D eigenvalue weighted by atomic mass is 9.87. The second-order valence-corrected chi connectivity index (χ2v) is 8.75. The quantitative estimate of drug-likeness (QED) is 0.539. The van der Waals surface area contributed by atoms with Crippen LogP contribution in [0.5, 0.6) is 0 Å². The molecule has 2 aromatic rings. The molecule has 0 aliphatic carbocycles. The van der Waals surface area contributed by atoms with Crippen LogP contribution in [0.2, 0.25) is 5.02 Å². The Morgan fingerprint density at radius 2 is 1.72 bits per heavy atom. The summed E-state index contributed by atoms with van der Waals surface area (Å²) >= 11 is 5.93. The van der Waals surface area contributed by atoms with Gasteiger partial charge in [0.15, 0.2) is 0 Å². The summed E-state index contributed by atoms with van der Waals surface area (Å²) in [6.07, 6.45) is 1.58. The lowest BCUT2D eigenvalue weighted by molar-refractivity contribution is -0.123. The lowest BCUT2D eigenvalue weighted by Crippen LogP contribution is -2.48. The zero-order valence-electron chi connectivity index (χ0n) is 17.5. The molecule has 0 aliphatic rings. The monoisotopic (exact) mass is 413 g/mol. The van der Waals surface area contributed by atoms with Crippen molar-refractivity contribution in [1.82, 2.24) is 10.7 Å². The van der Waals surface area contributed by atoms with Gasteiger partial charge in [-0.1, -0.05) is 76.6 Å². The maximum atomic E-state index is 12.5. The fourth-order valence-electron chi connectivity index (χ4n) is 2.70. The van der Waals surface area contributed by atoms with Gasteiger partial charge in [0.25, 0.3) is 11.8 Å². The van der Waals surface area contributed by atoms with E-state index in [-0.39, 0.29) is 23.1 Å². The molecule has 1 unspecified atom stereocenters. The Morgan fingerprint density at radius 1 is 1.07 bits per heavy atom. The predicted octanol–water partition coefficient (Wildman–Crippen LogP) is 4.54. The Kier molecular flexibility index (Phi) is 7.57. The molecule has 29 heavy (non-hydrogen) atoms. The van der Waals surface area contributed by atoms with Gasteiger partial charge in [-0.25, -0.2) is 5.43 Å². The number of carbonyl (C=O) groups is 2. The highest BCUT2D eigenvalue weighted by molar-refractivity contribution is 6.31. The van der Waals surface area contributed by atoms with Crippen LogP contribution in [0.3, 0.4) is 0 Å². The van der Waals surface area contributed by atoms with Crippen LogP contribution >= 0.6 is 11.6 Å². The van der Waals surface area contributed by atoms with E-state index in [9.17, 15) is 9.59 Å². The first-order chi connectivity index (χ1) is 13.6. The topological polar surface area (TPSA) is 70.6 Å². The molecule has 0 heterocycles. The molecule has 5 nitrogen and oxygen atoms in total. The van der Waals surface area contributed by atoms with Crippen LogP contribution in [0.25, 0.3) is 0 Å². The van der Waals surface area contributed by atoms with Crippen LogP contribution in [0, 0.1) is 5.92 Å². The van der Waals surface area contributed by atoms with Crippen LogP contribution in [0.1, 0.15) is 56.1 Å². The summed E-state index contributed by atoms with van der Waals surface area (Å²) in [5.74, 6) is -0.847. The fourth-order valence-corrected chi connectivity index (χ4v) is 2.89. The molecule has 2 N–H and O–H groups in total. The van der Waals surface area contributed by atoms with Gasteiger partial charge in [0.05, 0.1) is 6.21 Å². The van der Waals surface area contributed by atoms with E-state index in [1.807, 2.05) is 38.1 Å². The zero-order chi connectivity index (χ0) is 21.6. The normalized spacial score (nSPS) is 12.8. The van der Waals surface area contributed by atoms with Gasteiger partial charge in [-0.3, -0.25) is 9.59 Å². The third-order valence-corrected chi connectivity index (χ3v) is 4.72. The number of nitrogens with zero attached hydrogens (tertiary/aromatic N) is 1. The van der Waals surface area contributed by atoms with E-state index in [1.54, 1.807) is 30.5 Å². The maximum Gasteiger partial charge on any atom is 0.262 e. The SMILES string of the molecule is CC(C)C(NC(=O)c1cccc(Cl)c1)C(=O)NN=Cc1ccc(C(C)(C)C)cc1. The van der Waals surface area contributed by atoms with Crippen LogP contribution < -0.4 is 10.7 Å². The van der Waals surface area contributed by atoms with Crippen molar-refractivity contribution in [3.05, 3.63) is 70.2 Å². The molecule has 0 aliphatic heterocycles. The van der Waals surface area contributed by atoms with E-state index in [4.69, 9.17) is 11.6 Å². The van der Waals surface area contributed by atoms with E-state index in [2.05, 4.69) is 36.6 Å². The Bertz CT molecular complexity index is 884. The van der Waals surface area contributed by atoms with Crippen molar-refractivity contribution in [1.29, 1.82) is 0 Å². The fraction of sp³-hybridized carbons (Fsp3) is 0.348. The molecule has 0 aromatic heterocycles. The molecule has 6 heteroatoms. The second kappa shape index (κ2) is 9.70. The van der Waals surface area contributed by atoms with Gasteiger partial charge in [-0.2, -0.15) is 5.10 Å². The summed E-state index contributed by atoms with van der Waals surface area (Å²) in [4.78, 5) is 25.0. The number of benzene rings is 2. The summed E-state index contributed by atoms with van der Waals surface area (Å²) in [6, 6.07) is 13.9. The summed E-state index contributed by atoms with van der Waals surface area (Å²) in [7, 11) is 0. The van der Waals surface area contributed by atoms with Gasteiger partial charge in [0.2, 0.25) is 0 Å². The van der Waals surface area contributed by atoms with Crippen LogP contribution in [0.4, 0.5) is 0 Å². The molecule has 2 rings (SSSR count). The van der Waals surface area contributed by atoms with E-state index in [1.165, 1.54) is 5.56 Å². The Hall–Kier alpha value is -2.66. The van der Waals surface area contributed by atoms with Gasteiger partial charge in [-0.05, 0) is 40.7 Å². The molecule has 154 valence electrons. The van der Waals surface area contributed by atoms with E-state index in [0.717, 1.165) is 5.56 Å². The highest BCUT2D eigenvalue weighted by Gasteiger charge is 2.24. The van der Waals surface area contributed by atoms with Crippen molar-refractivity contribution < 1.29 is 9.59 Å². The standard InChI is InChI=1S/C23H28ClN3O2/c1-15(2)20(26-21(28)17-7-6-8-19(24)13-17)22(29)27-25-14-16-9-11-18(12-10-16)23(3,4)5/h6-15,20H,1-5H3,(H,26,28)(H,27,29). The summed E-state index contributed by atoms with van der Waals surface area (Å²) in [5.41, 5.74) is 5.10. The highest BCUT2D eigenvalue weighted by Crippen LogP contribution is 2.21. The molecule has 0 saturated heterocycles. The van der Waals surface area contributed by atoms with Crippen LogP contribution in [-0.4, -0.2) is 24.1 Å². The molecular weight excluding hydrogens is 386 g/mol. The Balaban J connectivity index is 2.00. The number of amides is 2. The number of rotatable bonds is 6. The minimum Gasteiger partial charge on any atom is -0.340 e. The Morgan fingerprint density at radius 3 is 2.28 bits per heavy atom. The van der Waals surface area contributed by atoms with Crippen molar-refractivity contribution in [2.24, 2.45) is 11.0 Å². The number of nitrogens with one attached hydrogen (secondary N) is 2.